The van der Waals surface area contributed by atoms with Crippen molar-refractivity contribution in [3.8, 4) is 0 Å². The second-order valence-electron chi connectivity index (χ2n) is 7.18. The average Bonchev–Trinajstić information content (AvgIpc) is 3.13. The highest BCUT2D eigenvalue weighted by molar-refractivity contribution is 5.87. The molecule has 3 heterocycles. The van der Waals surface area contributed by atoms with Crippen molar-refractivity contribution in [2.24, 2.45) is 5.92 Å². The monoisotopic (exact) mass is 327 g/mol. The number of fused-ring (bicyclic) bond motifs is 1. The maximum atomic E-state index is 13.1. The Balaban J connectivity index is 1.54. The fourth-order valence-electron chi connectivity index (χ4n) is 4.66. The fraction of sp³-hybridized carbons (Fsp3) is 0.579. The van der Waals surface area contributed by atoms with E-state index in [0.29, 0.717) is 25.2 Å². The molecule has 0 radical (unpaired) electrons. The molecule has 3 aliphatic rings. The summed E-state index contributed by atoms with van der Waals surface area (Å²) in [6.07, 6.45) is 3.99. The van der Waals surface area contributed by atoms with E-state index < -0.39 is 0 Å². The summed E-state index contributed by atoms with van der Waals surface area (Å²) in [7, 11) is 0. The summed E-state index contributed by atoms with van der Waals surface area (Å²) in [4.78, 5) is 29.3. The zero-order valence-electron chi connectivity index (χ0n) is 14.0. The molecule has 2 amide bonds. The molecule has 1 aromatic rings. The number of carbonyl (C=O) groups excluding carboxylic acids is 2. The summed E-state index contributed by atoms with van der Waals surface area (Å²) < 4.78 is 0. The number of nitrogens with zero attached hydrogens (tertiary/aromatic N) is 2. The molecule has 0 aliphatic carbocycles. The largest absolute Gasteiger partial charge is 0.354 e. The van der Waals surface area contributed by atoms with E-state index in [-0.39, 0.29) is 24.3 Å². The Morgan fingerprint density at radius 2 is 1.96 bits per heavy atom. The normalized spacial score (nSPS) is 30.8. The van der Waals surface area contributed by atoms with E-state index in [0.717, 1.165) is 32.2 Å². The van der Waals surface area contributed by atoms with Crippen LogP contribution >= 0.6 is 0 Å². The summed E-state index contributed by atoms with van der Waals surface area (Å²) in [5, 5.41) is 2.86. The van der Waals surface area contributed by atoms with E-state index in [9.17, 15) is 9.59 Å². The van der Waals surface area contributed by atoms with Gasteiger partial charge >= 0.3 is 0 Å². The van der Waals surface area contributed by atoms with E-state index in [2.05, 4.69) is 34.5 Å². The molecular formula is C19H25N3O2. The number of rotatable bonds is 2. The molecule has 3 saturated heterocycles. The molecule has 0 aromatic heterocycles. The lowest BCUT2D eigenvalue weighted by atomic mass is 9.93. The Kier molecular flexibility index (Phi) is 4.27. The van der Waals surface area contributed by atoms with E-state index in [1.165, 1.54) is 5.56 Å². The number of amides is 2. The standard InChI is InChI=1S/C19H25N3O2/c23-18-13-21(10-5-9-20-18)19(24)15-12-17(14-6-2-1-3-7-14)22-11-4-8-16(15)22/h1-3,6-7,15-17H,4-5,8-13H2,(H,20,23)/t15-,16+,17-/m1/s1. The summed E-state index contributed by atoms with van der Waals surface area (Å²) in [5.41, 5.74) is 1.31. The summed E-state index contributed by atoms with van der Waals surface area (Å²) in [6, 6.07) is 11.2. The van der Waals surface area contributed by atoms with Crippen LogP contribution in [0.3, 0.4) is 0 Å². The predicted octanol–water partition coefficient (Wildman–Crippen LogP) is 1.56. The molecule has 5 heteroatoms. The van der Waals surface area contributed by atoms with Crippen molar-refractivity contribution in [3.05, 3.63) is 35.9 Å². The summed E-state index contributed by atoms with van der Waals surface area (Å²) >= 11 is 0. The highest BCUT2D eigenvalue weighted by Gasteiger charge is 2.48. The third-order valence-electron chi connectivity index (χ3n) is 5.76. The minimum Gasteiger partial charge on any atom is -0.354 e. The third kappa shape index (κ3) is 2.81. The van der Waals surface area contributed by atoms with Gasteiger partial charge in [0.05, 0.1) is 12.5 Å². The second-order valence-corrected chi connectivity index (χ2v) is 7.18. The van der Waals surface area contributed by atoms with E-state index in [1.54, 1.807) is 4.90 Å². The molecule has 4 rings (SSSR count). The Morgan fingerprint density at radius 3 is 2.79 bits per heavy atom. The molecule has 5 nitrogen and oxygen atoms in total. The minimum absolute atomic E-state index is 0.0262. The first-order chi connectivity index (χ1) is 11.7. The Bertz CT molecular complexity index is 618. The van der Waals surface area contributed by atoms with Crippen LogP contribution in [0.4, 0.5) is 0 Å². The van der Waals surface area contributed by atoms with Crippen molar-refractivity contribution >= 4 is 11.8 Å². The Labute approximate surface area is 143 Å². The average molecular weight is 327 g/mol. The van der Waals surface area contributed by atoms with Crippen molar-refractivity contribution in [3.63, 3.8) is 0 Å². The minimum atomic E-state index is -0.0262. The lowest BCUT2D eigenvalue weighted by Crippen LogP contribution is -2.43. The van der Waals surface area contributed by atoms with Crippen molar-refractivity contribution in [2.75, 3.05) is 26.2 Å². The number of hydrogen-bond donors (Lipinski definition) is 1. The van der Waals surface area contributed by atoms with Gasteiger partial charge in [-0.15, -0.1) is 0 Å². The Morgan fingerprint density at radius 1 is 1.12 bits per heavy atom. The number of benzene rings is 1. The van der Waals surface area contributed by atoms with Gasteiger partial charge < -0.3 is 10.2 Å². The molecule has 3 aliphatic heterocycles. The molecule has 1 aromatic carbocycles. The smallest absolute Gasteiger partial charge is 0.239 e. The van der Waals surface area contributed by atoms with Gasteiger partial charge in [-0.05, 0) is 37.8 Å². The first-order valence-electron chi connectivity index (χ1n) is 9.10. The molecular weight excluding hydrogens is 302 g/mol. The van der Waals surface area contributed by atoms with Gasteiger partial charge in [-0.2, -0.15) is 0 Å². The van der Waals surface area contributed by atoms with Gasteiger partial charge in [0.1, 0.15) is 0 Å². The van der Waals surface area contributed by atoms with Crippen LogP contribution in [0.15, 0.2) is 30.3 Å². The first-order valence-corrected chi connectivity index (χ1v) is 9.10. The van der Waals surface area contributed by atoms with Crippen LogP contribution in [0.2, 0.25) is 0 Å². The van der Waals surface area contributed by atoms with Crippen molar-refractivity contribution in [2.45, 2.75) is 37.8 Å². The zero-order valence-corrected chi connectivity index (χ0v) is 14.0. The van der Waals surface area contributed by atoms with E-state index in [4.69, 9.17) is 0 Å². The van der Waals surface area contributed by atoms with Crippen LogP contribution in [0, 0.1) is 5.92 Å². The SMILES string of the molecule is O=C1CN(C(=O)[C@@H]2C[C@H](c3ccccc3)N3CCC[C@@H]23)CCCN1. The van der Waals surface area contributed by atoms with Crippen LogP contribution in [0.25, 0.3) is 0 Å². The van der Waals surface area contributed by atoms with Gasteiger partial charge in [0, 0.05) is 25.2 Å². The van der Waals surface area contributed by atoms with Crippen LogP contribution in [-0.4, -0.2) is 53.8 Å². The lowest BCUT2D eigenvalue weighted by molar-refractivity contribution is -0.139. The zero-order chi connectivity index (χ0) is 16.5. The van der Waals surface area contributed by atoms with Crippen LogP contribution in [0.5, 0.6) is 0 Å². The molecule has 128 valence electrons. The molecule has 1 N–H and O–H groups in total. The molecule has 3 fully saturated rings. The highest BCUT2D eigenvalue weighted by Crippen LogP contribution is 2.45. The molecule has 0 unspecified atom stereocenters. The second kappa shape index (κ2) is 6.55. The predicted molar refractivity (Wildman–Crippen MR) is 91.2 cm³/mol. The maximum absolute atomic E-state index is 13.1. The number of hydrogen-bond acceptors (Lipinski definition) is 3. The topological polar surface area (TPSA) is 52.7 Å². The van der Waals surface area contributed by atoms with Gasteiger partial charge in [-0.1, -0.05) is 30.3 Å². The van der Waals surface area contributed by atoms with Crippen LogP contribution in [-0.2, 0) is 9.59 Å². The van der Waals surface area contributed by atoms with E-state index >= 15 is 0 Å². The maximum Gasteiger partial charge on any atom is 0.239 e. The number of carbonyl (C=O) groups is 2. The third-order valence-corrected chi connectivity index (χ3v) is 5.76. The number of nitrogens with one attached hydrogen (secondary N) is 1. The quantitative estimate of drug-likeness (QED) is 0.897. The first kappa shape index (κ1) is 15.6. The van der Waals surface area contributed by atoms with Crippen molar-refractivity contribution < 1.29 is 9.59 Å². The highest BCUT2D eigenvalue weighted by atomic mass is 16.2. The summed E-state index contributed by atoms with van der Waals surface area (Å²) in [5.74, 6) is 0.188. The van der Waals surface area contributed by atoms with Gasteiger partial charge in [0.2, 0.25) is 11.8 Å². The van der Waals surface area contributed by atoms with E-state index in [1.807, 2.05) is 6.07 Å². The molecule has 24 heavy (non-hydrogen) atoms. The Hall–Kier alpha value is -1.88. The van der Waals surface area contributed by atoms with Crippen LogP contribution < -0.4 is 5.32 Å². The van der Waals surface area contributed by atoms with Gasteiger partial charge in [0.25, 0.3) is 0 Å². The molecule has 0 saturated carbocycles. The van der Waals surface area contributed by atoms with Gasteiger partial charge in [-0.25, -0.2) is 0 Å². The fourth-order valence-corrected chi connectivity index (χ4v) is 4.66. The molecule has 3 atom stereocenters. The van der Waals surface area contributed by atoms with Crippen LogP contribution in [0.1, 0.15) is 37.3 Å². The van der Waals surface area contributed by atoms with Crippen molar-refractivity contribution in [1.29, 1.82) is 0 Å². The van der Waals surface area contributed by atoms with Gasteiger partial charge in [0.15, 0.2) is 0 Å². The molecule has 0 bridgehead atoms. The van der Waals surface area contributed by atoms with Crippen molar-refractivity contribution in [1.82, 2.24) is 15.1 Å². The lowest BCUT2D eigenvalue weighted by Gasteiger charge is -2.26. The van der Waals surface area contributed by atoms with Gasteiger partial charge in [-0.3, -0.25) is 14.5 Å². The summed E-state index contributed by atoms with van der Waals surface area (Å²) in [6.45, 7) is 2.67. The molecule has 0 spiro atoms.